The number of hydrogen-bond acceptors (Lipinski definition) is 0. The van der Waals surface area contributed by atoms with E-state index in [0.717, 1.165) is 24.2 Å². The van der Waals surface area contributed by atoms with Crippen molar-refractivity contribution in [2.75, 3.05) is 0 Å². The van der Waals surface area contributed by atoms with E-state index in [1.165, 1.54) is 71.9 Å². The first-order valence-corrected chi connectivity index (χ1v) is 12.8. The summed E-state index contributed by atoms with van der Waals surface area (Å²) in [6.45, 7) is 13.6. The second kappa shape index (κ2) is 8.74. The zero-order valence-electron chi connectivity index (χ0n) is 21.6. The quantitative estimate of drug-likeness (QED) is 0.266. The van der Waals surface area contributed by atoms with Crippen molar-refractivity contribution >= 4 is 0 Å². The molecule has 5 aliphatic carbocycles. The van der Waals surface area contributed by atoms with Crippen LogP contribution in [0.2, 0.25) is 0 Å². The molecule has 1 nitrogen and oxygen atoms in total. The van der Waals surface area contributed by atoms with E-state index >= 15 is 0 Å². The average molecular weight is 519 g/mol. The van der Waals surface area contributed by atoms with Crippen LogP contribution in [0.1, 0.15) is 102 Å². The normalized spacial score (nSPS) is 29.0. The minimum Gasteiger partial charge on any atom is -0.672 e. The van der Waals surface area contributed by atoms with Gasteiger partial charge in [0.1, 0.15) is 0 Å². The Morgan fingerprint density at radius 1 is 0.788 bits per heavy atom. The molecule has 0 saturated heterocycles. The molecule has 0 unspecified atom stereocenters. The van der Waals surface area contributed by atoms with Crippen molar-refractivity contribution in [3.8, 4) is 11.1 Å². The fraction of sp³-hybridized carbons (Fsp3) is 0.613. The molecular weight excluding hydrogens is 478 g/mol. The number of fused-ring (bicyclic) bond motifs is 3. The van der Waals surface area contributed by atoms with Gasteiger partial charge in [0.2, 0.25) is 0 Å². The molecule has 4 saturated carbocycles. The molecule has 2 aromatic rings. The average Bonchev–Trinajstić information content (AvgIpc) is 3.02. The third kappa shape index (κ3) is 5.13. The van der Waals surface area contributed by atoms with E-state index in [1.54, 1.807) is 0 Å². The van der Waals surface area contributed by atoms with Crippen molar-refractivity contribution in [1.29, 1.82) is 0 Å². The monoisotopic (exact) mass is 517 g/mol. The standard InChI is InChI=1S/C21H25.C10H16N.Zr/c1-20(2,3)16-7-9-18-14(12-16)11-15-13-17(21(4,5)6)8-10-19(15)18;11-10-4-7-1-8(5-10)3-9(2-7)6-10;/h7-10,12H,11H2,1-6H3;7-9,11H,1-6H2;/q2*-1;+2. The number of rotatable bonds is 0. The largest absolute Gasteiger partial charge is 2.00 e. The van der Waals surface area contributed by atoms with Crippen LogP contribution >= 0.6 is 0 Å². The Labute approximate surface area is 221 Å². The third-order valence-electron chi connectivity index (χ3n) is 8.50. The summed E-state index contributed by atoms with van der Waals surface area (Å²) in [5, 5.41) is 0. The van der Waals surface area contributed by atoms with Gasteiger partial charge in [-0.3, -0.25) is 0 Å². The molecular formula is C31H41NZr. The van der Waals surface area contributed by atoms with E-state index in [2.05, 4.69) is 77.9 Å². The second-order valence-corrected chi connectivity index (χ2v) is 13.5. The molecule has 7 rings (SSSR count). The maximum absolute atomic E-state index is 8.21. The van der Waals surface area contributed by atoms with E-state index in [-0.39, 0.29) is 42.6 Å². The molecule has 2 aromatic carbocycles. The van der Waals surface area contributed by atoms with Crippen LogP contribution in [-0.4, -0.2) is 5.54 Å². The van der Waals surface area contributed by atoms with Crippen molar-refractivity contribution < 1.29 is 26.2 Å². The second-order valence-electron chi connectivity index (χ2n) is 13.5. The molecule has 1 N–H and O–H groups in total. The molecule has 0 amide bonds. The van der Waals surface area contributed by atoms with Gasteiger partial charge in [-0.2, -0.15) is 23.8 Å². The van der Waals surface area contributed by atoms with Crippen LogP contribution in [0.25, 0.3) is 16.9 Å². The molecule has 0 atom stereocenters. The molecule has 0 aliphatic heterocycles. The summed E-state index contributed by atoms with van der Waals surface area (Å²) >= 11 is 0. The van der Waals surface area contributed by atoms with Crippen LogP contribution in [0.5, 0.6) is 0 Å². The van der Waals surface area contributed by atoms with Gasteiger partial charge >= 0.3 is 26.2 Å². The Balaban J connectivity index is 0.000000181. The molecule has 0 aromatic heterocycles. The zero-order valence-corrected chi connectivity index (χ0v) is 24.0. The van der Waals surface area contributed by atoms with E-state index in [1.807, 2.05) is 0 Å². The maximum atomic E-state index is 8.21. The van der Waals surface area contributed by atoms with E-state index in [0.29, 0.717) is 0 Å². The van der Waals surface area contributed by atoms with Gasteiger partial charge in [-0.05, 0) is 65.4 Å². The Morgan fingerprint density at radius 2 is 1.33 bits per heavy atom. The summed E-state index contributed by atoms with van der Waals surface area (Å²) < 4.78 is 0. The fourth-order valence-electron chi connectivity index (χ4n) is 7.14. The first-order valence-electron chi connectivity index (χ1n) is 12.8. The van der Waals surface area contributed by atoms with Gasteiger partial charge in [-0.25, -0.2) is 0 Å². The molecule has 4 bridgehead atoms. The van der Waals surface area contributed by atoms with Crippen molar-refractivity contribution in [2.24, 2.45) is 17.8 Å². The SMILES string of the molecule is CC(C)(C)c1[c-]c2c(cc1)-c1ccc(C(C)(C)C)cc1C2.[NH-]C12CC3CC(CC(C3)C1)C2.[Zr+2]. The Hall–Kier alpha value is -0.717. The Morgan fingerprint density at radius 3 is 1.82 bits per heavy atom. The summed E-state index contributed by atoms with van der Waals surface area (Å²) in [4.78, 5) is 0. The van der Waals surface area contributed by atoms with Gasteiger partial charge in [0.25, 0.3) is 0 Å². The molecule has 2 heteroatoms. The van der Waals surface area contributed by atoms with Crippen LogP contribution in [0, 0.1) is 23.8 Å². The minimum absolute atomic E-state index is 0. The van der Waals surface area contributed by atoms with Gasteiger partial charge in [0.15, 0.2) is 0 Å². The van der Waals surface area contributed by atoms with Crippen molar-refractivity contribution in [1.82, 2.24) is 0 Å². The van der Waals surface area contributed by atoms with E-state index in [4.69, 9.17) is 5.73 Å². The maximum Gasteiger partial charge on any atom is 2.00 e. The van der Waals surface area contributed by atoms with Crippen LogP contribution < -0.4 is 0 Å². The smallest absolute Gasteiger partial charge is 0.672 e. The number of hydrogen-bond donors (Lipinski definition) is 0. The predicted molar refractivity (Wildman–Crippen MR) is 136 cm³/mol. The summed E-state index contributed by atoms with van der Waals surface area (Å²) in [6, 6.07) is 15.2. The van der Waals surface area contributed by atoms with Crippen LogP contribution in [0.15, 0.2) is 30.3 Å². The van der Waals surface area contributed by atoms with E-state index in [9.17, 15) is 0 Å². The van der Waals surface area contributed by atoms with Crippen molar-refractivity contribution in [3.05, 3.63) is 64.4 Å². The Bertz CT molecular complexity index is 923. The molecule has 5 aliphatic rings. The molecule has 33 heavy (non-hydrogen) atoms. The van der Waals surface area contributed by atoms with Crippen LogP contribution in [-0.2, 0) is 43.5 Å². The van der Waals surface area contributed by atoms with Crippen molar-refractivity contribution in [3.63, 3.8) is 0 Å². The Kier molecular flexibility index (Phi) is 6.72. The molecule has 0 spiro atoms. The van der Waals surface area contributed by atoms with Crippen LogP contribution in [0.3, 0.4) is 0 Å². The van der Waals surface area contributed by atoms with Gasteiger partial charge in [0, 0.05) is 0 Å². The predicted octanol–water partition coefficient (Wildman–Crippen LogP) is 8.66. The number of benzene rings is 2. The molecule has 174 valence electrons. The van der Waals surface area contributed by atoms with E-state index < -0.39 is 0 Å². The summed E-state index contributed by atoms with van der Waals surface area (Å²) in [5.41, 5.74) is 17.0. The van der Waals surface area contributed by atoms with Gasteiger partial charge < -0.3 is 5.73 Å². The van der Waals surface area contributed by atoms with Crippen molar-refractivity contribution in [2.45, 2.75) is 103 Å². The summed E-state index contributed by atoms with van der Waals surface area (Å²) in [7, 11) is 0. The van der Waals surface area contributed by atoms with Gasteiger partial charge in [0.05, 0.1) is 0 Å². The summed E-state index contributed by atoms with van der Waals surface area (Å²) in [6.07, 6.45) is 9.14. The molecule has 0 radical (unpaired) electrons. The molecule has 0 heterocycles. The van der Waals surface area contributed by atoms with Gasteiger partial charge in [-0.15, -0.1) is 16.7 Å². The van der Waals surface area contributed by atoms with Crippen LogP contribution in [0.4, 0.5) is 0 Å². The number of nitrogens with one attached hydrogen (secondary N) is 1. The topological polar surface area (TPSA) is 23.8 Å². The summed E-state index contributed by atoms with van der Waals surface area (Å²) in [5.74, 6) is 2.87. The fourth-order valence-corrected chi connectivity index (χ4v) is 7.14. The minimum atomic E-state index is 0. The third-order valence-corrected chi connectivity index (χ3v) is 8.50. The molecule has 4 fully saturated rings. The first-order chi connectivity index (χ1) is 14.9. The van der Waals surface area contributed by atoms with Gasteiger partial charge in [-0.1, -0.05) is 84.6 Å². The zero-order chi connectivity index (χ0) is 22.9. The first kappa shape index (κ1) is 25.4.